The summed E-state index contributed by atoms with van der Waals surface area (Å²) >= 11 is 0. The van der Waals surface area contributed by atoms with Crippen LogP contribution < -0.4 is 11.1 Å². The number of aromatic nitrogens is 2. The number of hydrogen-bond acceptors (Lipinski definition) is 4. The monoisotopic (exact) mass is 234 g/mol. The molecular weight excluding hydrogens is 221 g/mol. The molecule has 4 nitrogen and oxygen atoms in total. The van der Waals surface area contributed by atoms with Crippen LogP contribution in [0.2, 0.25) is 0 Å². The molecule has 0 bridgehead atoms. The van der Waals surface area contributed by atoms with Gasteiger partial charge in [0.1, 0.15) is 5.82 Å². The quantitative estimate of drug-likeness (QED) is 0.766. The number of nitrogens with two attached hydrogens (primary N) is 1. The Hall–Kier alpha value is -1.53. The van der Waals surface area contributed by atoms with E-state index in [1.165, 1.54) is 12.3 Å². The third-order valence-electron chi connectivity index (χ3n) is 1.85. The lowest BCUT2D eigenvalue weighted by Gasteiger charge is -2.06. The Morgan fingerprint density at radius 2 is 2.06 bits per heavy atom. The summed E-state index contributed by atoms with van der Waals surface area (Å²) in [5.74, 6) is 0.666. The van der Waals surface area contributed by atoms with Gasteiger partial charge in [0.15, 0.2) is 0 Å². The van der Waals surface area contributed by atoms with Crippen molar-refractivity contribution in [2.45, 2.75) is 25.4 Å². The SMILES string of the molecule is Nc1ccnc(NCCCCC(F)(F)F)n1. The van der Waals surface area contributed by atoms with Crippen LogP contribution in [0, 0.1) is 0 Å². The van der Waals surface area contributed by atoms with Crippen molar-refractivity contribution >= 4 is 11.8 Å². The number of halogens is 3. The Bertz CT molecular complexity index is 327. The highest BCUT2D eigenvalue weighted by Crippen LogP contribution is 2.21. The number of nitrogens with zero attached hydrogens (tertiary/aromatic N) is 2. The third-order valence-corrected chi connectivity index (χ3v) is 1.85. The summed E-state index contributed by atoms with van der Waals surface area (Å²) in [5, 5.41) is 2.80. The van der Waals surface area contributed by atoms with Crippen LogP contribution in [0.25, 0.3) is 0 Å². The van der Waals surface area contributed by atoms with E-state index >= 15 is 0 Å². The van der Waals surface area contributed by atoms with Gasteiger partial charge in [-0.15, -0.1) is 0 Å². The fraction of sp³-hybridized carbons (Fsp3) is 0.556. The van der Waals surface area contributed by atoms with Gasteiger partial charge in [0.2, 0.25) is 5.95 Å². The molecule has 0 fully saturated rings. The maximum Gasteiger partial charge on any atom is 0.389 e. The van der Waals surface area contributed by atoms with Crippen LogP contribution in [0.5, 0.6) is 0 Å². The molecule has 0 spiro atoms. The van der Waals surface area contributed by atoms with Crippen LogP contribution in [0.1, 0.15) is 19.3 Å². The van der Waals surface area contributed by atoms with E-state index in [1.807, 2.05) is 0 Å². The Labute approximate surface area is 91.1 Å². The Balaban J connectivity index is 2.17. The van der Waals surface area contributed by atoms with Crippen molar-refractivity contribution in [1.29, 1.82) is 0 Å². The van der Waals surface area contributed by atoms with E-state index in [4.69, 9.17) is 5.73 Å². The first-order chi connectivity index (χ1) is 7.47. The highest BCUT2D eigenvalue weighted by molar-refractivity contribution is 5.34. The average Bonchev–Trinajstić information content (AvgIpc) is 2.15. The van der Waals surface area contributed by atoms with Crippen molar-refractivity contribution in [2.75, 3.05) is 17.6 Å². The third kappa shape index (κ3) is 5.38. The number of unbranched alkanes of at least 4 members (excludes halogenated alkanes) is 1. The predicted octanol–water partition coefficient (Wildman–Crippen LogP) is 2.20. The minimum absolute atomic E-state index is 0.0960. The Kier molecular flexibility index (Phi) is 4.33. The lowest BCUT2D eigenvalue weighted by atomic mass is 10.2. The zero-order valence-electron chi connectivity index (χ0n) is 8.59. The lowest BCUT2D eigenvalue weighted by Crippen LogP contribution is -2.10. The largest absolute Gasteiger partial charge is 0.389 e. The zero-order valence-corrected chi connectivity index (χ0v) is 8.59. The maximum absolute atomic E-state index is 11.8. The van der Waals surface area contributed by atoms with Crippen LogP contribution >= 0.6 is 0 Å². The van der Waals surface area contributed by atoms with Crippen LogP contribution in [0.15, 0.2) is 12.3 Å². The fourth-order valence-corrected chi connectivity index (χ4v) is 1.11. The van der Waals surface area contributed by atoms with Crippen LogP contribution in [-0.2, 0) is 0 Å². The summed E-state index contributed by atoms with van der Waals surface area (Å²) in [4.78, 5) is 7.71. The fourth-order valence-electron chi connectivity index (χ4n) is 1.11. The second-order valence-electron chi connectivity index (χ2n) is 3.30. The van der Waals surface area contributed by atoms with Gasteiger partial charge in [-0.3, -0.25) is 0 Å². The molecule has 0 saturated heterocycles. The summed E-state index contributed by atoms with van der Waals surface area (Å²) < 4.78 is 35.4. The van der Waals surface area contributed by atoms with Gasteiger partial charge < -0.3 is 11.1 Å². The lowest BCUT2D eigenvalue weighted by molar-refractivity contribution is -0.135. The van der Waals surface area contributed by atoms with Crippen LogP contribution in [0.3, 0.4) is 0 Å². The molecule has 1 aromatic rings. The van der Waals surface area contributed by atoms with Gasteiger partial charge in [-0.25, -0.2) is 4.98 Å². The van der Waals surface area contributed by atoms with Gasteiger partial charge in [0.05, 0.1) is 0 Å². The minimum atomic E-state index is -4.08. The Morgan fingerprint density at radius 3 is 2.69 bits per heavy atom. The molecular formula is C9H13F3N4. The first kappa shape index (κ1) is 12.5. The van der Waals surface area contributed by atoms with Crippen molar-refractivity contribution in [3.63, 3.8) is 0 Å². The van der Waals surface area contributed by atoms with E-state index in [-0.39, 0.29) is 6.42 Å². The Morgan fingerprint density at radius 1 is 1.31 bits per heavy atom. The molecule has 1 rings (SSSR count). The zero-order chi connectivity index (χ0) is 12.0. The highest BCUT2D eigenvalue weighted by Gasteiger charge is 2.25. The standard InChI is InChI=1S/C9H13F3N4/c10-9(11,12)4-1-2-5-14-8-15-6-3-7(13)16-8/h3,6H,1-2,4-5H2,(H3,13,14,15,16). The van der Waals surface area contributed by atoms with E-state index in [0.29, 0.717) is 24.7 Å². The molecule has 0 aliphatic rings. The summed E-state index contributed by atoms with van der Waals surface area (Å²) in [7, 11) is 0. The molecule has 3 N–H and O–H groups in total. The van der Waals surface area contributed by atoms with Gasteiger partial charge >= 0.3 is 6.18 Å². The van der Waals surface area contributed by atoms with Crippen molar-refractivity contribution < 1.29 is 13.2 Å². The molecule has 90 valence electrons. The maximum atomic E-state index is 11.8. The normalized spacial score (nSPS) is 11.4. The first-order valence-electron chi connectivity index (χ1n) is 4.86. The number of anilines is 2. The molecule has 1 heterocycles. The summed E-state index contributed by atoms with van der Waals surface area (Å²) in [6.07, 6.45) is -2.84. The predicted molar refractivity (Wildman–Crippen MR) is 54.8 cm³/mol. The van der Waals surface area contributed by atoms with E-state index in [0.717, 1.165) is 0 Å². The van der Waals surface area contributed by atoms with E-state index in [1.54, 1.807) is 0 Å². The van der Waals surface area contributed by atoms with Crippen molar-refractivity contribution in [3.05, 3.63) is 12.3 Å². The minimum Gasteiger partial charge on any atom is -0.384 e. The molecule has 0 atom stereocenters. The molecule has 0 aliphatic heterocycles. The summed E-state index contributed by atoms with van der Waals surface area (Å²) in [6, 6.07) is 1.54. The van der Waals surface area contributed by atoms with Crippen LogP contribution in [-0.4, -0.2) is 22.7 Å². The van der Waals surface area contributed by atoms with E-state index in [9.17, 15) is 13.2 Å². The van der Waals surface area contributed by atoms with Gasteiger partial charge in [0, 0.05) is 19.2 Å². The van der Waals surface area contributed by atoms with Crippen LogP contribution in [0.4, 0.5) is 24.9 Å². The van der Waals surface area contributed by atoms with Crippen molar-refractivity contribution in [2.24, 2.45) is 0 Å². The second kappa shape index (κ2) is 5.53. The van der Waals surface area contributed by atoms with Crippen molar-refractivity contribution in [3.8, 4) is 0 Å². The molecule has 0 aliphatic carbocycles. The van der Waals surface area contributed by atoms with Gasteiger partial charge in [0.25, 0.3) is 0 Å². The topological polar surface area (TPSA) is 63.8 Å². The molecule has 0 aromatic carbocycles. The highest BCUT2D eigenvalue weighted by atomic mass is 19.4. The van der Waals surface area contributed by atoms with E-state index in [2.05, 4.69) is 15.3 Å². The molecule has 16 heavy (non-hydrogen) atoms. The van der Waals surface area contributed by atoms with Gasteiger partial charge in [-0.1, -0.05) is 0 Å². The number of hydrogen-bond donors (Lipinski definition) is 2. The molecule has 0 radical (unpaired) electrons. The number of alkyl halides is 3. The average molecular weight is 234 g/mol. The molecule has 0 saturated carbocycles. The first-order valence-corrected chi connectivity index (χ1v) is 4.86. The van der Waals surface area contributed by atoms with E-state index < -0.39 is 12.6 Å². The number of rotatable bonds is 5. The smallest absolute Gasteiger partial charge is 0.384 e. The van der Waals surface area contributed by atoms with Gasteiger partial charge in [-0.05, 0) is 18.9 Å². The van der Waals surface area contributed by atoms with Crippen molar-refractivity contribution in [1.82, 2.24) is 9.97 Å². The number of nitrogen functional groups attached to an aromatic ring is 1. The van der Waals surface area contributed by atoms with Gasteiger partial charge in [-0.2, -0.15) is 18.2 Å². The number of nitrogens with one attached hydrogen (secondary N) is 1. The summed E-state index contributed by atoms with van der Waals surface area (Å²) in [6.45, 7) is 0.402. The molecule has 7 heteroatoms. The second-order valence-corrected chi connectivity index (χ2v) is 3.30. The molecule has 1 aromatic heterocycles. The summed E-state index contributed by atoms with van der Waals surface area (Å²) in [5.41, 5.74) is 5.41. The molecule has 0 amide bonds. The molecule has 0 unspecified atom stereocenters.